The van der Waals surface area contributed by atoms with Gasteiger partial charge in [-0.15, -0.1) is 0 Å². The first kappa shape index (κ1) is 15.0. The summed E-state index contributed by atoms with van der Waals surface area (Å²) in [6.45, 7) is 5.81. The highest BCUT2D eigenvalue weighted by Gasteiger charge is 2.28. The van der Waals surface area contributed by atoms with Crippen LogP contribution in [0.5, 0.6) is 0 Å². The lowest BCUT2D eigenvalue weighted by molar-refractivity contribution is -0.134. The van der Waals surface area contributed by atoms with Crippen LogP contribution in [-0.2, 0) is 20.3 Å². The van der Waals surface area contributed by atoms with Crippen molar-refractivity contribution in [3.8, 4) is 0 Å². The van der Waals surface area contributed by atoms with Crippen LogP contribution in [0, 0.1) is 6.92 Å². The van der Waals surface area contributed by atoms with Gasteiger partial charge < -0.3 is 15.4 Å². The van der Waals surface area contributed by atoms with Crippen LogP contribution in [-0.4, -0.2) is 46.6 Å². The topological polar surface area (TPSA) is 72.6 Å². The van der Waals surface area contributed by atoms with E-state index in [0.29, 0.717) is 36.9 Å². The van der Waals surface area contributed by atoms with Crippen molar-refractivity contribution in [2.24, 2.45) is 0 Å². The van der Waals surface area contributed by atoms with E-state index in [9.17, 15) is 9.00 Å². The number of hydrogen-bond donors (Lipinski definition) is 1. The molecule has 110 valence electrons. The van der Waals surface area contributed by atoms with Crippen LogP contribution < -0.4 is 5.73 Å². The third-order valence-corrected chi connectivity index (χ3v) is 5.02. The van der Waals surface area contributed by atoms with Gasteiger partial charge in [0.1, 0.15) is 5.25 Å². The van der Waals surface area contributed by atoms with Crippen LogP contribution >= 0.6 is 0 Å². The van der Waals surface area contributed by atoms with Gasteiger partial charge in [0.2, 0.25) is 5.91 Å². The van der Waals surface area contributed by atoms with Crippen LogP contribution in [0.15, 0.2) is 23.1 Å². The average molecular weight is 296 g/mol. The average Bonchev–Trinajstić information content (AvgIpc) is 2.46. The molecule has 2 atom stereocenters. The van der Waals surface area contributed by atoms with Gasteiger partial charge in [-0.25, -0.2) is 0 Å². The summed E-state index contributed by atoms with van der Waals surface area (Å²) in [5.74, 6) is -0.105. The number of benzene rings is 1. The monoisotopic (exact) mass is 296 g/mol. The molecule has 1 amide bonds. The van der Waals surface area contributed by atoms with Gasteiger partial charge in [0.05, 0.1) is 28.9 Å². The number of ether oxygens (including phenoxy) is 1. The zero-order valence-corrected chi connectivity index (χ0v) is 12.6. The Hall–Kier alpha value is -1.40. The molecular formula is C14H20N2O3S. The highest BCUT2D eigenvalue weighted by molar-refractivity contribution is 7.86. The van der Waals surface area contributed by atoms with Crippen molar-refractivity contribution in [1.29, 1.82) is 0 Å². The van der Waals surface area contributed by atoms with Gasteiger partial charge in [0, 0.05) is 18.8 Å². The van der Waals surface area contributed by atoms with Crippen molar-refractivity contribution in [3.63, 3.8) is 0 Å². The van der Waals surface area contributed by atoms with Gasteiger partial charge in [-0.2, -0.15) is 0 Å². The van der Waals surface area contributed by atoms with Crippen LogP contribution in [0.25, 0.3) is 0 Å². The molecule has 1 aliphatic rings. The molecule has 2 unspecified atom stereocenters. The minimum absolute atomic E-state index is 0.105. The summed E-state index contributed by atoms with van der Waals surface area (Å²) in [4.78, 5) is 14.6. The fraction of sp³-hybridized carbons (Fsp3) is 0.500. The van der Waals surface area contributed by atoms with E-state index in [1.54, 1.807) is 24.0 Å². The minimum atomic E-state index is -1.44. The summed E-state index contributed by atoms with van der Waals surface area (Å²) in [5.41, 5.74) is 7.39. The summed E-state index contributed by atoms with van der Waals surface area (Å²) in [6.07, 6.45) is 0. The summed E-state index contributed by atoms with van der Waals surface area (Å²) in [7, 11) is -1.44. The Morgan fingerprint density at radius 3 is 2.65 bits per heavy atom. The van der Waals surface area contributed by atoms with Crippen LogP contribution in [0.1, 0.15) is 12.5 Å². The predicted octanol–water partition coefficient (Wildman–Crippen LogP) is 0.932. The zero-order valence-electron chi connectivity index (χ0n) is 11.8. The Balaban J connectivity index is 2.13. The molecule has 6 heteroatoms. The van der Waals surface area contributed by atoms with Gasteiger partial charge >= 0.3 is 0 Å². The molecule has 0 aliphatic carbocycles. The number of nitrogens with zero attached hydrogens (tertiary/aromatic N) is 1. The number of aryl methyl sites for hydroxylation is 1. The Morgan fingerprint density at radius 1 is 1.40 bits per heavy atom. The number of amides is 1. The van der Waals surface area contributed by atoms with Gasteiger partial charge in [-0.05, 0) is 31.5 Å². The molecule has 0 bridgehead atoms. The third-order valence-electron chi connectivity index (χ3n) is 3.37. The molecule has 20 heavy (non-hydrogen) atoms. The van der Waals surface area contributed by atoms with Crippen LogP contribution in [0.3, 0.4) is 0 Å². The van der Waals surface area contributed by atoms with E-state index in [2.05, 4.69) is 0 Å². The second-order valence-electron chi connectivity index (χ2n) is 4.92. The first-order valence-corrected chi connectivity index (χ1v) is 7.85. The summed E-state index contributed by atoms with van der Waals surface area (Å²) in [6, 6.07) is 5.37. The SMILES string of the molecule is Cc1ccc(S(=O)C(C)C(=O)N2CCOCC2)c(N)c1. The normalized spacial score (nSPS) is 18.6. The summed E-state index contributed by atoms with van der Waals surface area (Å²) in [5, 5.41) is -0.599. The smallest absolute Gasteiger partial charge is 0.238 e. The maximum absolute atomic E-state index is 12.5. The molecule has 0 spiro atoms. The first-order chi connectivity index (χ1) is 9.50. The van der Waals surface area contributed by atoms with Crippen molar-refractivity contribution in [1.82, 2.24) is 4.90 Å². The van der Waals surface area contributed by atoms with Crippen molar-refractivity contribution in [2.75, 3.05) is 32.0 Å². The van der Waals surface area contributed by atoms with Crippen molar-refractivity contribution in [2.45, 2.75) is 24.0 Å². The van der Waals surface area contributed by atoms with Crippen molar-refractivity contribution in [3.05, 3.63) is 23.8 Å². The molecule has 0 radical (unpaired) electrons. The molecule has 5 nitrogen and oxygen atoms in total. The lowest BCUT2D eigenvalue weighted by atomic mass is 10.2. The fourth-order valence-electron chi connectivity index (χ4n) is 2.17. The predicted molar refractivity (Wildman–Crippen MR) is 78.9 cm³/mol. The van der Waals surface area contributed by atoms with Crippen LogP contribution in [0.2, 0.25) is 0 Å². The van der Waals surface area contributed by atoms with E-state index in [1.165, 1.54) is 0 Å². The Morgan fingerprint density at radius 2 is 2.05 bits per heavy atom. The molecular weight excluding hydrogens is 276 g/mol. The number of hydrogen-bond acceptors (Lipinski definition) is 4. The van der Waals surface area contributed by atoms with Gasteiger partial charge in [-0.1, -0.05) is 6.07 Å². The van der Waals surface area contributed by atoms with Gasteiger partial charge in [0.15, 0.2) is 0 Å². The molecule has 0 saturated carbocycles. The standard InChI is InChI=1S/C14H20N2O3S/c1-10-3-4-13(12(15)9-10)20(18)11(2)14(17)16-5-7-19-8-6-16/h3-4,9,11H,5-8,15H2,1-2H3. The van der Waals surface area contributed by atoms with Crippen LogP contribution in [0.4, 0.5) is 5.69 Å². The quantitative estimate of drug-likeness (QED) is 0.842. The molecule has 2 rings (SSSR count). The van der Waals surface area contributed by atoms with E-state index in [-0.39, 0.29) is 5.91 Å². The lowest BCUT2D eigenvalue weighted by Crippen LogP contribution is -2.46. The number of anilines is 1. The number of nitrogens with two attached hydrogens (primary N) is 1. The van der Waals surface area contributed by atoms with Gasteiger partial charge in [0.25, 0.3) is 0 Å². The molecule has 0 aromatic heterocycles. The number of morpholine rings is 1. The van der Waals surface area contributed by atoms with Crippen molar-refractivity contribution < 1.29 is 13.7 Å². The molecule has 1 saturated heterocycles. The summed E-state index contributed by atoms with van der Waals surface area (Å²) < 4.78 is 17.7. The number of carbonyl (C=O) groups excluding carboxylic acids is 1. The Kier molecular flexibility index (Phi) is 4.77. The zero-order chi connectivity index (χ0) is 14.7. The maximum atomic E-state index is 12.5. The second-order valence-corrected chi connectivity index (χ2v) is 6.66. The van der Waals surface area contributed by atoms with E-state index in [0.717, 1.165) is 5.56 Å². The highest BCUT2D eigenvalue weighted by atomic mass is 32.2. The van der Waals surface area contributed by atoms with E-state index in [4.69, 9.17) is 10.5 Å². The fourth-order valence-corrected chi connectivity index (χ4v) is 3.38. The number of nitrogen functional groups attached to an aromatic ring is 1. The summed E-state index contributed by atoms with van der Waals surface area (Å²) >= 11 is 0. The largest absolute Gasteiger partial charge is 0.398 e. The highest BCUT2D eigenvalue weighted by Crippen LogP contribution is 2.21. The molecule has 2 N–H and O–H groups in total. The second kappa shape index (κ2) is 6.37. The molecule has 1 heterocycles. The third kappa shape index (κ3) is 3.19. The van der Waals surface area contributed by atoms with E-state index < -0.39 is 16.0 Å². The van der Waals surface area contributed by atoms with E-state index >= 15 is 0 Å². The maximum Gasteiger partial charge on any atom is 0.238 e. The Labute approximate surface area is 121 Å². The first-order valence-electron chi connectivity index (χ1n) is 6.64. The van der Waals surface area contributed by atoms with Gasteiger partial charge in [-0.3, -0.25) is 9.00 Å². The van der Waals surface area contributed by atoms with Crippen molar-refractivity contribution >= 4 is 22.4 Å². The Bertz CT molecular complexity index is 527. The number of rotatable bonds is 3. The molecule has 1 aliphatic heterocycles. The molecule has 1 fully saturated rings. The minimum Gasteiger partial charge on any atom is -0.398 e. The molecule has 1 aromatic rings. The van der Waals surface area contributed by atoms with E-state index in [1.807, 2.05) is 13.0 Å². The molecule has 1 aromatic carbocycles. The number of carbonyl (C=O) groups is 1. The lowest BCUT2D eigenvalue weighted by Gasteiger charge is -2.29.